The quantitative estimate of drug-likeness (QED) is 0.253. The van der Waals surface area contributed by atoms with Gasteiger partial charge in [-0.15, -0.1) is 11.3 Å². The monoisotopic (exact) mass is 537 g/mol. The molecular weight excluding hydrogens is 512 g/mol. The number of aromatic nitrogens is 1. The van der Waals surface area contributed by atoms with Crippen LogP contribution in [0.3, 0.4) is 0 Å². The number of aliphatic hydroxyl groups is 2. The molecule has 0 bridgehead atoms. The molecule has 0 aliphatic heterocycles. The lowest BCUT2D eigenvalue weighted by Gasteiger charge is -2.18. The molecule has 192 valence electrons. The molecule has 0 aliphatic carbocycles. The molecule has 1 amide bonds. The number of hydrogen-bond acceptors (Lipinski definition) is 8. The molecule has 2 aromatic heterocycles. The van der Waals surface area contributed by atoms with E-state index in [4.69, 9.17) is 5.73 Å². The molecule has 2 heterocycles. The SMILES string of the molecule is CC(C)(O)CC(c1cccc(Nc2sc(-c3c(F)cc(C(C)(C)O)cc3F)cc2C(N)=O)n1)=S(=O)=O. The number of thiophene rings is 1. The average molecular weight is 538 g/mol. The van der Waals surface area contributed by atoms with E-state index in [1.807, 2.05) is 0 Å². The van der Waals surface area contributed by atoms with Crippen LogP contribution in [0.5, 0.6) is 0 Å². The van der Waals surface area contributed by atoms with Gasteiger partial charge in [-0.3, -0.25) is 4.79 Å². The maximum absolute atomic E-state index is 14.9. The summed E-state index contributed by atoms with van der Waals surface area (Å²) in [5.74, 6) is -2.58. The van der Waals surface area contributed by atoms with Crippen molar-refractivity contribution in [3.8, 4) is 10.4 Å². The number of halogens is 2. The van der Waals surface area contributed by atoms with Crippen LogP contribution in [-0.2, 0) is 15.9 Å². The molecule has 5 N–H and O–H groups in total. The third-order valence-electron chi connectivity index (χ3n) is 5.06. The Kier molecular flexibility index (Phi) is 7.65. The Labute approximate surface area is 212 Å². The number of carbonyl (C=O) groups is 1. The second-order valence-electron chi connectivity index (χ2n) is 9.27. The van der Waals surface area contributed by atoms with Gasteiger partial charge in [-0.1, -0.05) is 6.07 Å². The Hall–Kier alpha value is -3.19. The summed E-state index contributed by atoms with van der Waals surface area (Å²) in [7, 11) is -2.66. The van der Waals surface area contributed by atoms with Crippen LogP contribution in [0.1, 0.15) is 55.7 Å². The van der Waals surface area contributed by atoms with Gasteiger partial charge in [0.05, 0.1) is 28.0 Å². The molecule has 3 aromatic rings. The highest BCUT2D eigenvalue weighted by molar-refractivity contribution is 7.73. The Bertz CT molecular complexity index is 1440. The number of rotatable bonds is 8. The molecule has 0 radical (unpaired) electrons. The number of amides is 1. The van der Waals surface area contributed by atoms with Crippen molar-refractivity contribution in [1.82, 2.24) is 4.98 Å². The predicted molar refractivity (Wildman–Crippen MR) is 135 cm³/mol. The summed E-state index contributed by atoms with van der Waals surface area (Å²) < 4.78 is 53.2. The Morgan fingerprint density at radius 2 is 1.72 bits per heavy atom. The van der Waals surface area contributed by atoms with Crippen molar-refractivity contribution in [2.75, 3.05) is 5.32 Å². The van der Waals surface area contributed by atoms with E-state index in [1.165, 1.54) is 52.0 Å². The fourth-order valence-corrected chi connectivity index (χ4v) is 5.23. The fraction of sp³-hybridized carbons (Fsp3) is 0.292. The zero-order valence-electron chi connectivity index (χ0n) is 19.9. The minimum atomic E-state index is -2.66. The zero-order valence-corrected chi connectivity index (χ0v) is 21.5. The van der Waals surface area contributed by atoms with E-state index in [-0.39, 0.29) is 43.8 Å². The smallest absolute Gasteiger partial charge is 0.251 e. The van der Waals surface area contributed by atoms with Crippen LogP contribution in [0.25, 0.3) is 10.4 Å². The molecule has 8 nitrogen and oxygen atoms in total. The van der Waals surface area contributed by atoms with E-state index >= 15 is 0 Å². The molecule has 12 heteroatoms. The van der Waals surface area contributed by atoms with Crippen molar-refractivity contribution in [1.29, 1.82) is 0 Å². The van der Waals surface area contributed by atoms with Gasteiger partial charge in [0, 0.05) is 11.3 Å². The highest BCUT2D eigenvalue weighted by Gasteiger charge is 2.25. The van der Waals surface area contributed by atoms with E-state index in [0.717, 1.165) is 23.5 Å². The number of pyridine rings is 1. The number of benzene rings is 1. The van der Waals surface area contributed by atoms with Crippen molar-refractivity contribution in [3.05, 3.63) is 64.9 Å². The van der Waals surface area contributed by atoms with Crippen molar-refractivity contribution >= 4 is 43.2 Å². The molecule has 0 saturated heterocycles. The predicted octanol–water partition coefficient (Wildman–Crippen LogP) is 3.72. The summed E-state index contributed by atoms with van der Waals surface area (Å²) >= 11 is 0.845. The first-order chi connectivity index (χ1) is 16.6. The molecule has 0 fully saturated rings. The van der Waals surface area contributed by atoms with Crippen LogP contribution in [0, 0.1) is 11.6 Å². The van der Waals surface area contributed by atoms with Gasteiger partial charge < -0.3 is 21.3 Å². The summed E-state index contributed by atoms with van der Waals surface area (Å²) in [6.07, 6.45) is -0.186. The van der Waals surface area contributed by atoms with Crippen molar-refractivity contribution in [2.45, 2.75) is 45.3 Å². The lowest BCUT2D eigenvalue weighted by Crippen LogP contribution is -2.25. The third kappa shape index (κ3) is 6.32. The van der Waals surface area contributed by atoms with E-state index < -0.39 is 44.6 Å². The van der Waals surface area contributed by atoms with E-state index in [9.17, 15) is 32.2 Å². The Morgan fingerprint density at radius 3 is 2.22 bits per heavy atom. The van der Waals surface area contributed by atoms with Crippen LogP contribution in [0.2, 0.25) is 0 Å². The van der Waals surface area contributed by atoms with Crippen LogP contribution in [-0.4, -0.2) is 40.0 Å². The molecule has 3 rings (SSSR count). The first kappa shape index (κ1) is 27.4. The summed E-state index contributed by atoms with van der Waals surface area (Å²) in [5, 5.41) is 23.1. The molecule has 0 unspecified atom stereocenters. The lowest BCUT2D eigenvalue weighted by molar-refractivity contribution is 0.0778. The minimum absolute atomic E-state index is 0.0427. The van der Waals surface area contributed by atoms with Gasteiger partial charge in [0.1, 0.15) is 27.3 Å². The first-order valence-corrected chi connectivity index (χ1v) is 12.5. The fourth-order valence-electron chi connectivity index (χ4n) is 3.36. The molecule has 0 saturated carbocycles. The van der Waals surface area contributed by atoms with Gasteiger partial charge in [0.25, 0.3) is 5.91 Å². The van der Waals surface area contributed by atoms with E-state index in [0.29, 0.717) is 0 Å². The van der Waals surface area contributed by atoms with Crippen LogP contribution < -0.4 is 11.1 Å². The largest absolute Gasteiger partial charge is 0.390 e. The Morgan fingerprint density at radius 1 is 1.11 bits per heavy atom. The first-order valence-electron chi connectivity index (χ1n) is 10.6. The summed E-state index contributed by atoms with van der Waals surface area (Å²) in [6, 6.07) is 7.75. The van der Waals surface area contributed by atoms with Gasteiger partial charge >= 0.3 is 0 Å². The number of hydrogen-bond donors (Lipinski definition) is 4. The maximum atomic E-state index is 14.9. The summed E-state index contributed by atoms with van der Waals surface area (Å²) in [6.45, 7) is 5.71. The number of nitrogens with one attached hydrogen (secondary N) is 1. The van der Waals surface area contributed by atoms with Gasteiger partial charge in [0.15, 0.2) is 0 Å². The van der Waals surface area contributed by atoms with Crippen LogP contribution in [0.15, 0.2) is 36.4 Å². The molecular formula is C24H25F2N3O5S2. The van der Waals surface area contributed by atoms with Crippen molar-refractivity contribution in [2.24, 2.45) is 5.73 Å². The normalized spacial score (nSPS) is 11.9. The number of anilines is 2. The van der Waals surface area contributed by atoms with Crippen LogP contribution in [0.4, 0.5) is 19.6 Å². The molecule has 1 aromatic carbocycles. The summed E-state index contributed by atoms with van der Waals surface area (Å²) in [4.78, 5) is 16.3. The van der Waals surface area contributed by atoms with Gasteiger partial charge in [0.2, 0.25) is 10.3 Å². The maximum Gasteiger partial charge on any atom is 0.251 e. The zero-order chi connectivity index (χ0) is 27.0. The minimum Gasteiger partial charge on any atom is -0.390 e. The number of primary amides is 1. The summed E-state index contributed by atoms with van der Waals surface area (Å²) in [5.41, 5.74) is 2.37. The number of nitrogens with two attached hydrogens (primary N) is 1. The third-order valence-corrected chi connectivity index (χ3v) is 6.89. The molecule has 0 aliphatic rings. The van der Waals surface area contributed by atoms with Crippen molar-refractivity contribution < 1.29 is 32.2 Å². The Balaban J connectivity index is 2.05. The van der Waals surface area contributed by atoms with Gasteiger partial charge in [-0.05, 0) is 63.6 Å². The lowest BCUT2D eigenvalue weighted by atomic mass is 9.96. The molecule has 0 spiro atoms. The van der Waals surface area contributed by atoms with E-state index in [2.05, 4.69) is 10.3 Å². The average Bonchev–Trinajstić information content (AvgIpc) is 3.13. The second-order valence-corrected chi connectivity index (χ2v) is 11.3. The standard InChI is InChI=1S/C24H25F2N3O5S2/c1-23(2,31)11-18(36(33)34)16-6-5-7-19(28-16)29-22-13(21(27)30)10-17(35-22)20-14(25)8-12(9-15(20)26)24(3,4)32/h5-10,31-32H,11H2,1-4H3,(H2,27,30)(H,28,29). The highest BCUT2D eigenvalue weighted by atomic mass is 32.2. The highest BCUT2D eigenvalue weighted by Crippen LogP contribution is 2.40. The number of nitrogens with zero attached hydrogens (tertiary/aromatic N) is 1. The van der Waals surface area contributed by atoms with Gasteiger partial charge in [-0.2, -0.15) is 8.42 Å². The topological polar surface area (TPSA) is 143 Å². The molecule has 36 heavy (non-hydrogen) atoms. The van der Waals surface area contributed by atoms with Gasteiger partial charge in [-0.25, -0.2) is 13.8 Å². The van der Waals surface area contributed by atoms with Crippen molar-refractivity contribution in [3.63, 3.8) is 0 Å². The molecule has 0 atom stereocenters. The van der Waals surface area contributed by atoms with E-state index in [1.54, 1.807) is 0 Å². The number of carbonyl (C=O) groups excluding carboxylic acids is 1. The second kappa shape index (κ2) is 10.1. The van der Waals surface area contributed by atoms with Crippen LogP contribution >= 0.6 is 11.3 Å².